The Labute approximate surface area is 114 Å². The largest absolute Gasteiger partial charge is 0.481 e. The van der Waals surface area contributed by atoms with Crippen LogP contribution in [0.2, 0.25) is 0 Å². The molecule has 0 unspecified atom stereocenters. The van der Waals surface area contributed by atoms with Crippen LogP contribution < -0.4 is 5.32 Å². The van der Waals surface area contributed by atoms with Crippen LogP contribution in [0.3, 0.4) is 0 Å². The zero-order valence-electron chi connectivity index (χ0n) is 12.3. The standard InChI is InChI=1S/C13H25NO5/c1-6-8(2)11(9(15)7-10(16)17)14-12(18)19-13(3,4)5/h8-9,11,15H,6-7H2,1-5H3,(H,14,18)(H,16,17)/t8-,9-,11+/m0/s1. The predicted octanol–water partition coefficient (Wildman–Crippen LogP) is 1.76. The summed E-state index contributed by atoms with van der Waals surface area (Å²) in [5.74, 6) is -1.16. The van der Waals surface area contributed by atoms with Gasteiger partial charge in [0.05, 0.1) is 18.6 Å². The molecule has 0 aromatic heterocycles. The molecule has 0 aliphatic rings. The van der Waals surface area contributed by atoms with Gasteiger partial charge in [-0.25, -0.2) is 4.79 Å². The number of hydrogen-bond donors (Lipinski definition) is 3. The molecule has 0 heterocycles. The number of carbonyl (C=O) groups is 2. The van der Waals surface area contributed by atoms with E-state index < -0.39 is 36.2 Å². The van der Waals surface area contributed by atoms with E-state index in [9.17, 15) is 14.7 Å². The monoisotopic (exact) mass is 275 g/mol. The Morgan fingerprint density at radius 3 is 2.21 bits per heavy atom. The first-order valence-electron chi connectivity index (χ1n) is 6.46. The number of aliphatic carboxylic acids is 1. The van der Waals surface area contributed by atoms with Crippen molar-refractivity contribution in [1.82, 2.24) is 5.32 Å². The summed E-state index contributed by atoms with van der Waals surface area (Å²) in [4.78, 5) is 22.3. The van der Waals surface area contributed by atoms with Gasteiger partial charge in [-0.1, -0.05) is 20.3 Å². The second-order valence-corrected chi connectivity index (χ2v) is 5.72. The molecule has 3 N–H and O–H groups in total. The molecule has 6 heteroatoms. The summed E-state index contributed by atoms with van der Waals surface area (Å²) in [5, 5.41) is 21.1. The Morgan fingerprint density at radius 1 is 1.32 bits per heavy atom. The molecule has 0 aliphatic carbocycles. The maximum atomic E-state index is 11.7. The molecule has 112 valence electrons. The molecule has 0 aliphatic heterocycles. The minimum absolute atomic E-state index is 0.0538. The average molecular weight is 275 g/mol. The van der Waals surface area contributed by atoms with Gasteiger partial charge in [0.25, 0.3) is 0 Å². The molecule has 0 aromatic carbocycles. The molecule has 0 spiro atoms. The summed E-state index contributed by atoms with van der Waals surface area (Å²) >= 11 is 0. The predicted molar refractivity (Wildman–Crippen MR) is 70.9 cm³/mol. The van der Waals surface area contributed by atoms with Crippen molar-refractivity contribution >= 4 is 12.1 Å². The molecule has 1 amide bonds. The van der Waals surface area contributed by atoms with Crippen molar-refractivity contribution in [2.75, 3.05) is 0 Å². The van der Waals surface area contributed by atoms with E-state index in [1.807, 2.05) is 13.8 Å². The van der Waals surface area contributed by atoms with Crippen LogP contribution in [0.4, 0.5) is 4.79 Å². The maximum Gasteiger partial charge on any atom is 0.407 e. The van der Waals surface area contributed by atoms with E-state index in [4.69, 9.17) is 9.84 Å². The minimum atomic E-state index is -1.14. The van der Waals surface area contributed by atoms with E-state index in [-0.39, 0.29) is 5.92 Å². The zero-order chi connectivity index (χ0) is 15.2. The number of ether oxygens (including phenoxy) is 1. The average Bonchev–Trinajstić information content (AvgIpc) is 2.21. The Balaban J connectivity index is 4.68. The number of carboxylic acid groups (broad SMARTS) is 1. The van der Waals surface area contributed by atoms with E-state index in [0.717, 1.165) is 0 Å². The number of amides is 1. The summed E-state index contributed by atoms with van der Waals surface area (Å²) < 4.78 is 5.11. The molecule has 6 nitrogen and oxygen atoms in total. The molecule has 19 heavy (non-hydrogen) atoms. The number of rotatable bonds is 6. The van der Waals surface area contributed by atoms with Gasteiger partial charge in [0.2, 0.25) is 0 Å². The molecule has 0 saturated carbocycles. The number of nitrogens with one attached hydrogen (secondary N) is 1. The highest BCUT2D eigenvalue weighted by atomic mass is 16.6. The number of carbonyl (C=O) groups excluding carboxylic acids is 1. The van der Waals surface area contributed by atoms with Crippen molar-refractivity contribution in [3.05, 3.63) is 0 Å². The van der Waals surface area contributed by atoms with Crippen molar-refractivity contribution in [2.45, 2.75) is 65.2 Å². The first-order valence-corrected chi connectivity index (χ1v) is 6.46. The van der Waals surface area contributed by atoms with Gasteiger partial charge in [0, 0.05) is 0 Å². The van der Waals surface area contributed by atoms with Gasteiger partial charge in [-0.05, 0) is 26.7 Å². The van der Waals surface area contributed by atoms with Crippen LogP contribution in [0.15, 0.2) is 0 Å². The number of carboxylic acids is 1. The Kier molecular flexibility index (Phi) is 6.83. The smallest absolute Gasteiger partial charge is 0.407 e. The van der Waals surface area contributed by atoms with Crippen LogP contribution in [-0.4, -0.2) is 40.0 Å². The topological polar surface area (TPSA) is 95.9 Å². The first-order chi connectivity index (χ1) is 8.56. The fraction of sp³-hybridized carbons (Fsp3) is 0.846. The van der Waals surface area contributed by atoms with E-state index in [0.29, 0.717) is 6.42 Å². The number of aliphatic hydroxyl groups is 1. The van der Waals surface area contributed by atoms with E-state index in [2.05, 4.69) is 5.32 Å². The fourth-order valence-corrected chi connectivity index (χ4v) is 1.62. The summed E-state index contributed by atoms with van der Waals surface area (Å²) in [6.07, 6.45) is -1.50. The molecule has 3 atom stereocenters. The van der Waals surface area contributed by atoms with Crippen LogP contribution in [0.25, 0.3) is 0 Å². The van der Waals surface area contributed by atoms with Gasteiger partial charge in [-0.15, -0.1) is 0 Å². The zero-order valence-corrected chi connectivity index (χ0v) is 12.3. The normalized spacial score (nSPS) is 16.3. The molecule has 0 saturated heterocycles. The summed E-state index contributed by atoms with van der Waals surface area (Å²) in [5.41, 5.74) is -0.637. The summed E-state index contributed by atoms with van der Waals surface area (Å²) in [6, 6.07) is -0.643. The van der Waals surface area contributed by atoms with Gasteiger partial charge in [-0.3, -0.25) is 4.79 Å². The molecule has 0 rings (SSSR count). The van der Waals surface area contributed by atoms with Gasteiger partial charge >= 0.3 is 12.1 Å². The van der Waals surface area contributed by atoms with Gasteiger partial charge in [0.15, 0.2) is 0 Å². The number of hydrogen-bond acceptors (Lipinski definition) is 4. The van der Waals surface area contributed by atoms with Crippen molar-refractivity contribution in [3.63, 3.8) is 0 Å². The number of aliphatic hydroxyl groups excluding tert-OH is 1. The van der Waals surface area contributed by atoms with Crippen molar-refractivity contribution < 1.29 is 24.5 Å². The SMILES string of the molecule is CC[C@H](C)[C@@H](NC(=O)OC(C)(C)C)[C@@H](O)CC(=O)O. The van der Waals surface area contributed by atoms with Crippen molar-refractivity contribution in [3.8, 4) is 0 Å². The second-order valence-electron chi connectivity index (χ2n) is 5.72. The van der Waals surface area contributed by atoms with E-state index >= 15 is 0 Å². The van der Waals surface area contributed by atoms with E-state index in [1.165, 1.54) is 0 Å². The van der Waals surface area contributed by atoms with Crippen molar-refractivity contribution in [2.24, 2.45) is 5.92 Å². The molecule has 0 radical (unpaired) electrons. The minimum Gasteiger partial charge on any atom is -0.481 e. The highest BCUT2D eigenvalue weighted by molar-refractivity contribution is 5.69. The van der Waals surface area contributed by atoms with Crippen LogP contribution in [0.5, 0.6) is 0 Å². The first kappa shape index (κ1) is 17.7. The van der Waals surface area contributed by atoms with Crippen LogP contribution >= 0.6 is 0 Å². The molecular formula is C13H25NO5. The van der Waals surface area contributed by atoms with Crippen molar-refractivity contribution in [1.29, 1.82) is 0 Å². The van der Waals surface area contributed by atoms with Gasteiger partial charge in [0.1, 0.15) is 5.60 Å². The second kappa shape index (κ2) is 7.33. The van der Waals surface area contributed by atoms with E-state index in [1.54, 1.807) is 20.8 Å². The third-order valence-corrected chi connectivity index (χ3v) is 2.74. The lowest BCUT2D eigenvalue weighted by molar-refractivity contribution is -0.139. The molecule has 0 fully saturated rings. The number of alkyl carbamates (subject to hydrolysis) is 1. The van der Waals surface area contributed by atoms with Crippen LogP contribution in [-0.2, 0) is 9.53 Å². The molecule has 0 bridgehead atoms. The lowest BCUT2D eigenvalue weighted by Crippen LogP contribution is -2.49. The summed E-state index contributed by atoms with van der Waals surface area (Å²) in [7, 11) is 0. The lowest BCUT2D eigenvalue weighted by atomic mass is 9.93. The van der Waals surface area contributed by atoms with Crippen LogP contribution in [0.1, 0.15) is 47.5 Å². The van der Waals surface area contributed by atoms with Crippen LogP contribution in [0, 0.1) is 5.92 Å². The highest BCUT2D eigenvalue weighted by Crippen LogP contribution is 2.15. The Bertz CT molecular complexity index is 311. The molecular weight excluding hydrogens is 250 g/mol. The third kappa shape index (κ3) is 7.66. The van der Waals surface area contributed by atoms with Gasteiger partial charge in [-0.2, -0.15) is 0 Å². The lowest BCUT2D eigenvalue weighted by Gasteiger charge is -2.29. The molecule has 0 aromatic rings. The summed E-state index contributed by atoms with van der Waals surface area (Å²) in [6.45, 7) is 8.95. The Hall–Kier alpha value is -1.30. The quantitative estimate of drug-likeness (QED) is 0.686. The maximum absolute atomic E-state index is 11.7. The highest BCUT2D eigenvalue weighted by Gasteiger charge is 2.29. The van der Waals surface area contributed by atoms with Gasteiger partial charge < -0.3 is 20.3 Å². The fourth-order valence-electron chi connectivity index (χ4n) is 1.62. The third-order valence-electron chi connectivity index (χ3n) is 2.74. The Morgan fingerprint density at radius 2 is 1.84 bits per heavy atom.